The highest BCUT2D eigenvalue weighted by Crippen LogP contribution is 2.23. The second kappa shape index (κ2) is 7.58. The van der Waals surface area contributed by atoms with E-state index in [-0.39, 0.29) is 16.7 Å². The van der Waals surface area contributed by atoms with Gasteiger partial charge >= 0.3 is 0 Å². The molecular formula is C12H15ClFNO5S. The molecule has 0 spiro atoms. The van der Waals surface area contributed by atoms with Crippen LogP contribution in [0.15, 0.2) is 23.1 Å². The molecule has 9 heteroatoms. The van der Waals surface area contributed by atoms with Gasteiger partial charge in [-0.1, -0.05) is 0 Å². The number of benzene rings is 1. The first-order chi connectivity index (χ1) is 9.74. The molecule has 1 amide bonds. The van der Waals surface area contributed by atoms with Crippen LogP contribution in [0, 0.1) is 5.82 Å². The highest BCUT2D eigenvalue weighted by Gasteiger charge is 2.15. The van der Waals surface area contributed by atoms with Crippen LogP contribution in [-0.4, -0.2) is 40.7 Å². The molecule has 0 aromatic heterocycles. The lowest BCUT2D eigenvalue weighted by Gasteiger charge is -2.13. The molecule has 1 rings (SSSR count). The van der Waals surface area contributed by atoms with E-state index in [1.165, 1.54) is 7.11 Å². The summed E-state index contributed by atoms with van der Waals surface area (Å²) in [5.74, 6) is -1.61. The van der Waals surface area contributed by atoms with Crippen molar-refractivity contribution in [2.45, 2.75) is 17.9 Å². The molecule has 0 aliphatic heterocycles. The number of halogens is 2. The Kier molecular flexibility index (Phi) is 6.38. The normalized spacial score (nSPS) is 12.8. The van der Waals surface area contributed by atoms with E-state index in [9.17, 15) is 17.6 Å². The zero-order valence-corrected chi connectivity index (χ0v) is 13.0. The van der Waals surface area contributed by atoms with Crippen LogP contribution in [0.4, 0.5) is 4.39 Å². The predicted octanol–water partition coefficient (Wildman–Crippen LogP) is 1.28. The first-order valence-electron chi connectivity index (χ1n) is 5.89. The van der Waals surface area contributed by atoms with E-state index in [1.807, 2.05) is 0 Å². The van der Waals surface area contributed by atoms with E-state index in [0.29, 0.717) is 6.61 Å². The Labute approximate surface area is 126 Å². The number of ether oxygens (including phenoxy) is 2. The zero-order valence-electron chi connectivity index (χ0n) is 11.4. The molecule has 21 heavy (non-hydrogen) atoms. The minimum absolute atomic E-state index is 0.209. The molecule has 1 atom stereocenters. The molecule has 118 valence electrons. The first-order valence-corrected chi connectivity index (χ1v) is 8.20. The smallest absolute Gasteiger partial charge is 0.261 e. The molecule has 1 unspecified atom stereocenters. The second-order valence-electron chi connectivity index (χ2n) is 4.24. The van der Waals surface area contributed by atoms with E-state index < -0.39 is 27.4 Å². The minimum atomic E-state index is -4.01. The minimum Gasteiger partial charge on any atom is -0.481 e. The summed E-state index contributed by atoms with van der Waals surface area (Å²) >= 11 is 0. The summed E-state index contributed by atoms with van der Waals surface area (Å²) in [7, 11) is 2.58. The molecule has 0 bridgehead atoms. The Morgan fingerprint density at radius 1 is 1.48 bits per heavy atom. The average molecular weight is 340 g/mol. The van der Waals surface area contributed by atoms with Crippen LogP contribution < -0.4 is 10.1 Å². The lowest BCUT2D eigenvalue weighted by molar-refractivity contribution is -0.124. The van der Waals surface area contributed by atoms with Crippen molar-refractivity contribution in [3.63, 3.8) is 0 Å². The molecule has 1 aromatic carbocycles. The summed E-state index contributed by atoms with van der Waals surface area (Å²) < 4.78 is 45.5. The summed E-state index contributed by atoms with van der Waals surface area (Å²) in [6.07, 6.45) is 0. The fourth-order valence-corrected chi connectivity index (χ4v) is 2.26. The van der Waals surface area contributed by atoms with Gasteiger partial charge in [0.1, 0.15) is 0 Å². The Balaban J connectivity index is 2.62. The molecule has 1 N–H and O–H groups in total. The van der Waals surface area contributed by atoms with E-state index >= 15 is 0 Å². The van der Waals surface area contributed by atoms with Crippen LogP contribution >= 0.6 is 10.7 Å². The summed E-state index contributed by atoms with van der Waals surface area (Å²) in [6.45, 7) is 1.67. The Morgan fingerprint density at radius 3 is 2.67 bits per heavy atom. The van der Waals surface area contributed by atoms with Crippen molar-refractivity contribution in [3.8, 4) is 5.75 Å². The number of rotatable bonds is 7. The third kappa shape index (κ3) is 5.86. The van der Waals surface area contributed by atoms with Gasteiger partial charge in [0.2, 0.25) is 0 Å². The van der Waals surface area contributed by atoms with E-state index in [0.717, 1.165) is 18.2 Å². The van der Waals surface area contributed by atoms with Crippen molar-refractivity contribution in [1.82, 2.24) is 5.32 Å². The highest BCUT2D eigenvalue weighted by atomic mass is 35.7. The molecular weight excluding hydrogens is 325 g/mol. The van der Waals surface area contributed by atoms with Gasteiger partial charge in [-0.05, 0) is 25.1 Å². The number of nitrogens with one attached hydrogen (secondary N) is 1. The fourth-order valence-electron chi connectivity index (χ4n) is 1.50. The van der Waals surface area contributed by atoms with Gasteiger partial charge in [0.05, 0.1) is 11.5 Å². The van der Waals surface area contributed by atoms with Gasteiger partial charge in [-0.15, -0.1) is 0 Å². The standard InChI is InChI=1S/C12H15ClFNO5S/c1-8(6-19-2)15-12(16)7-20-11-4-3-9(5-10(11)14)21(13,17)18/h3-5,8H,6-7H2,1-2H3,(H,15,16). The molecule has 0 radical (unpaired) electrons. The molecule has 0 saturated carbocycles. The van der Waals surface area contributed by atoms with Gasteiger partial charge in [-0.2, -0.15) is 0 Å². The van der Waals surface area contributed by atoms with Crippen LogP contribution in [0.3, 0.4) is 0 Å². The number of carbonyl (C=O) groups excluding carboxylic acids is 1. The van der Waals surface area contributed by atoms with Crippen molar-refractivity contribution in [2.75, 3.05) is 20.3 Å². The summed E-state index contributed by atoms with van der Waals surface area (Å²) in [5, 5.41) is 2.58. The predicted molar refractivity (Wildman–Crippen MR) is 74.4 cm³/mol. The summed E-state index contributed by atoms with van der Waals surface area (Å²) in [6, 6.07) is 2.70. The van der Waals surface area contributed by atoms with Crippen LogP contribution in [-0.2, 0) is 18.6 Å². The van der Waals surface area contributed by atoms with Gasteiger partial charge in [0.25, 0.3) is 15.0 Å². The van der Waals surface area contributed by atoms with Gasteiger partial charge in [-0.3, -0.25) is 4.79 Å². The average Bonchev–Trinajstić information content (AvgIpc) is 2.36. The van der Waals surface area contributed by atoms with Crippen molar-refractivity contribution in [2.24, 2.45) is 0 Å². The molecule has 0 saturated heterocycles. The van der Waals surface area contributed by atoms with E-state index in [2.05, 4.69) is 5.32 Å². The van der Waals surface area contributed by atoms with Gasteiger partial charge < -0.3 is 14.8 Å². The maximum absolute atomic E-state index is 13.6. The molecule has 0 aliphatic rings. The van der Waals surface area contributed by atoms with Gasteiger partial charge in [-0.25, -0.2) is 12.8 Å². The molecule has 0 aliphatic carbocycles. The van der Waals surface area contributed by atoms with Crippen molar-refractivity contribution in [1.29, 1.82) is 0 Å². The SMILES string of the molecule is COCC(C)NC(=O)COc1ccc(S(=O)(=O)Cl)cc1F. The van der Waals surface area contributed by atoms with Crippen LogP contribution in [0.25, 0.3) is 0 Å². The van der Waals surface area contributed by atoms with Gasteiger partial charge in [0, 0.05) is 23.8 Å². The van der Waals surface area contributed by atoms with Crippen molar-refractivity contribution >= 4 is 25.6 Å². The topological polar surface area (TPSA) is 81.7 Å². The van der Waals surface area contributed by atoms with Crippen molar-refractivity contribution in [3.05, 3.63) is 24.0 Å². The van der Waals surface area contributed by atoms with E-state index in [4.69, 9.17) is 20.2 Å². The number of carbonyl (C=O) groups is 1. The molecule has 6 nitrogen and oxygen atoms in total. The summed E-state index contributed by atoms with van der Waals surface area (Å²) in [4.78, 5) is 11.1. The van der Waals surface area contributed by atoms with Crippen LogP contribution in [0.5, 0.6) is 5.75 Å². The third-order valence-electron chi connectivity index (χ3n) is 2.37. The van der Waals surface area contributed by atoms with Crippen LogP contribution in [0.2, 0.25) is 0 Å². The third-order valence-corrected chi connectivity index (χ3v) is 3.72. The van der Waals surface area contributed by atoms with Crippen molar-refractivity contribution < 1.29 is 27.1 Å². The number of amides is 1. The van der Waals surface area contributed by atoms with Gasteiger partial charge in [0.15, 0.2) is 18.2 Å². The number of hydrogen-bond acceptors (Lipinski definition) is 5. The highest BCUT2D eigenvalue weighted by molar-refractivity contribution is 8.13. The Hall–Kier alpha value is -1.38. The Morgan fingerprint density at radius 2 is 2.14 bits per heavy atom. The Bertz CT molecular complexity index is 608. The maximum Gasteiger partial charge on any atom is 0.261 e. The fraction of sp³-hybridized carbons (Fsp3) is 0.417. The lowest BCUT2D eigenvalue weighted by atomic mass is 10.3. The maximum atomic E-state index is 13.6. The second-order valence-corrected chi connectivity index (χ2v) is 6.81. The molecule has 0 fully saturated rings. The van der Waals surface area contributed by atoms with E-state index in [1.54, 1.807) is 6.92 Å². The number of methoxy groups -OCH3 is 1. The molecule has 0 heterocycles. The lowest BCUT2D eigenvalue weighted by Crippen LogP contribution is -2.38. The zero-order chi connectivity index (χ0) is 16.0. The monoisotopic (exact) mass is 339 g/mol. The molecule has 1 aromatic rings. The van der Waals surface area contributed by atoms with Crippen LogP contribution in [0.1, 0.15) is 6.92 Å². The summed E-state index contributed by atoms with van der Waals surface area (Å²) in [5.41, 5.74) is 0. The largest absolute Gasteiger partial charge is 0.481 e. The number of hydrogen-bond donors (Lipinski definition) is 1. The first kappa shape index (κ1) is 17.7. The quantitative estimate of drug-likeness (QED) is 0.757.